The summed E-state index contributed by atoms with van der Waals surface area (Å²) >= 11 is 0. The highest BCUT2D eigenvalue weighted by Crippen LogP contribution is 2.43. The van der Waals surface area contributed by atoms with Crippen molar-refractivity contribution in [2.45, 2.75) is 11.8 Å². The highest BCUT2D eigenvalue weighted by molar-refractivity contribution is 6.11. The predicted octanol–water partition coefficient (Wildman–Crippen LogP) is 3.69. The normalized spacial score (nSPS) is 18.1. The van der Waals surface area contributed by atoms with Crippen LogP contribution in [0.5, 0.6) is 11.5 Å². The third kappa shape index (κ3) is 2.65. The minimum atomic E-state index is -1.52. The molecule has 26 heavy (non-hydrogen) atoms. The van der Waals surface area contributed by atoms with E-state index in [2.05, 4.69) is 0 Å². The average molecular weight is 344 g/mol. The second kappa shape index (κ2) is 6.48. The lowest BCUT2D eigenvalue weighted by atomic mass is 9.76. The van der Waals surface area contributed by atoms with E-state index in [9.17, 15) is 9.59 Å². The van der Waals surface area contributed by atoms with Gasteiger partial charge >= 0.3 is 11.9 Å². The van der Waals surface area contributed by atoms with E-state index in [-0.39, 0.29) is 6.42 Å². The summed E-state index contributed by atoms with van der Waals surface area (Å²) < 4.78 is 11.0. The zero-order valence-electron chi connectivity index (χ0n) is 13.9. The lowest BCUT2D eigenvalue weighted by Crippen LogP contribution is -2.46. The topological polar surface area (TPSA) is 52.6 Å². The fourth-order valence-corrected chi connectivity index (χ4v) is 3.22. The Morgan fingerprint density at radius 3 is 2.19 bits per heavy atom. The van der Waals surface area contributed by atoms with Crippen molar-refractivity contribution in [1.82, 2.24) is 0 Å². The maximum absolute atomic E-state index is 13.2. The molecule has 1 unspecified atom stereocenters. The third-order valence-corrected chi connectivity index (χ3v) is 4.51. The standard InChI is InChI=1S/C22H16O4/c23-20(25-17-11-5-2-6-12-17)22(15-16-9-3-1-4-10-16)18-13-7-8-14-19(18)26-21(22)24/h1-14H,15H2. The van der Waals surface area contributed by atoms with Crippen LogP contribution in [0.4, 0.5) is 0 Å². The van der Waals surface area contributed by atoms with E-state index in [0.29, 0.717) is 17.1 Å². The van der Waals surface area contributed by atoms with Crippen LogP contribution < -0.4 is 9.47 Å². The van der Waals surface area contributed by atoms with E-state index < -0.39 is 17.4 Å². The fourth-order valence-electron chi connectivity index (χ4n) is 3.22. The van der Waals surface area contributed by atoms with Gasteiger partial charge < -0.3 is 9.47 Å². The van der Waals surface area contributed by atoms with Gasteiger partial charge in [-0.3, -0.25) is 9.59 Å². The Labute approximate surface area is 151 Å². The molecule has 4 rings (SSSR count). The van der Waals surface area contributed by atoms with Crippen molar-refractivity contribution < 1.29 is 19.1 Å². The molecule has 1 aliphatic heterocycles. The summed E-state index contributed by atoms with van der Waals surface area (Å²) in [5.41, 5.74) is -0.130. The molecular formula is C22H16O4. The summed E-state index contributed by atoms with van der Waals surface area (Å²) in [4.78, 5) is 26.1. The molecule has 1 atom stereocenters. The van der Waals surface area contributed by atoms with Gasteiger partial charge in [-0.15, -0.1) is 0 Å². The van der Waals surface area contributed by atoms with Gasteiger partial charge in [0.1, 0.15) is 11.5 Å². The maximum Gasteiger partial charge on any atom is 0.333 e. The molecule has 0 radical (unpaired) electrons. The maximum atomic E-state index is 13.2. The van der Waals surface area contributed by atoms with Crippen LogP contribution in [0.15, 0.2) is 84.9 Å². The fraction of sp³-hybridized carbons (Fsp3) is 0.0909. The highest BCUT2D eigenvalue weighted by atomic mass is 16.6. The Balaban J connectivity index is 1.80. The first-order valence-corrected chi connectivity index (χ1v) is 8.33. The number of ether oxygens (including phenoxy) is 2. The molecule has 128 valence electrons. The smallest absolute Gasteiger partial charge is 0.333 e. The number of hydrogen-bond acceptors (Lipinski definition) is 4. The van der Waals surface area contributed by atoms with Gasteiger partial charge in [-0.2, -0.15) is 0 Å². The Morgan fingerprint density at radius 2 is 1.46 bits per heavy atom. The molecule has 0 fully saturated rings. The molecule has 3 aromatic rings. The molecule has 0 aromatic heterocycles. The summed E-state index contributed by atoms with van der Waals surface area (Å²) in [5, 5.41) is 0. The molecule has 1 heterocycles. The third-order valence-electron chi connectivity index (χ3n) is 4.51. The summed E-state index contributed by atoms with van der Waals surface area (Å²) in [5.74, 6) is -0.452. The quantitative estimate of drug-likeness (QED) is 0.411. The molecule has 0 bridgehead atoms. The van der Waals surface area contributed by atoms with Gasteiger partial charge in [-0.25, -0.2) is 0 Å². The Morgan fingerprint density at radius 1 is 0.846 bits per heavy atom. The number of hydrogen-bond donors (Lipinski definition) is 0. The summed E-state index contributed by atoms with van der Waals surface area (Å²) in [7, 11) is 0. The Hall–Kier alpha value is -3.40. The van der Waals surface area contributed by atoms with Crippen LogP contribution >= 0.6 is 0 Å². The van der Waals surface area contributed by atoms with E-state index in [1.807, 2.05) is 36.4 Å². The SMILES string of the molecule is O=C(Oc1ccccc1)C1(Cc2ccccc2)C(=O)Oc2ccccc21. The van der Waals surface area contributed by atoms with Gasteiger partial charge in [0.15, 0.2) is 5.41 Å². The molecule has 4 nitrogen and oxygen atoms in total. The van der Waals surface area contributed by atoms with E-state index in [0.717, 1.165) is 5.56 Å². The van der Waals surface area contributed by atoms with Crippen LogP contribution in [0.1, 0.15) is 11.1 Å². The van der Waals surface area contributed by atoms with E-state index in [1.54, 1.807) is 48.5 Å². The molecule has 0 saturated carbocycles. The predicted molar refractivity (Wildman–Crippen MR) is 96.0 cm³/mol. The number of carbonyl (C=O) groups is 2. The zero-order chi connectivity index (χ0) is 18.0. The molecule has 0 spiro atoms. The molecule has 0 amide bonds. The van der Waals surface area contributed by atoms with Gasteiger partial charge in [0.25, 0.3) is 0 Å². The summed E-state index contributed by atoms with van der Waals surface area (Å²) in [6.45, 7) is 0. The molecule has 0 aliphatic carbocycles. The average Bonchev–Trinajstić information content (AvgIpc) is 2.96. The number of esters is 2. The largest absolute Gasteiger partial charge is 0.425 e. The second-order valence-corrected chi connectivity index (χ2v) is 6.16. The van der Waals surface area contributed by atoms with Crippen molar-refractivity contribution in [2.24, 2.45) is 0 Å². The lowest BCUT2D eigenvalue weighted by molar-refractivity contribution is -0.152. The number of fused-ring (bicyclic) bond motifs is 1. The van der Waals surface area contributed by atoms with E-state index in [1.165, 1.54) is 0 Å². The van der Waals surface area contributed by atoms with Crippen LogP contribution in [0, 0.1) is 0 Å². The van der Waals surface area contributed by atoms with Gasteiger partial charge in [0, 0.05) is 12.0 Å². The van der Waals surface area contributed by atoms with Crippen molar-refractivity contribution in [2.75, 3.05) is 0 Å². The monoisotopic (exact) mass is 344 g/mol. The first-order chi connectivity index (χ1) is 12.7. The van der Waals surface area contributed by atoms with Crippen LogP contribution in [0.25, 0.3) is 0 Å². The van der Waals surface area contributed by atoms with Crippen molar-refractivity contribution in [3.8, 4) is 11.5 Å². The molecule has 1 aliphatic rings. The molecule has 0 N–H and O–H groups in total. The first-order valence-electron chi connectivity index (χ1n) is 8.33. The Bertz CT molecular complexity index is 950. The van der Waals surface area contributed by atoms with Gasteiger partial charge in [0.2, 0.25) is 0 Å². The molecular weight excluding hydrogens is 328 g/mol. The first kappa shape index (κ1) is 16.1. The minimum Gasteiger partial charge on any atom is -0.425 e. The van der Waals surface area contributed by atoms with E-state index >= 15 is 0 Å². The highest BCUT2D eigenvalue weighted by Gasteiger charge is 2.56. The van der Waals surface area contributed by atoms with Gasteiger partial charge in [-0.1, -0.05) is 66.7 Å². The second-order valence-electron chi connectivity index (χ2n) is 6.16. The van der Waals surface area contributed by atoms with Crippen LogP contribution in [0.3, 0.4) is 0 Å². The van der Waals surface area contributed by atoms with Gasteiger partial charge in [-0.05, 0) is 23.8 Å². The van der Waals surface area contributed by atoms with Crippen LogP contribution in [-0.4, -0.2) is 11.9 Å². The molecule has 4 heteroatoms. The zero-order valence-corrected chi connectivity index (χ0v) is 13.9. The molecule has 3 aromatic carbocycles. The van der Waals surface area contributed by atoms with Crippen molar-refractivity contribution in [1.29, 1.82) is 0 Å². The van der Waals surface area contributed by atoms with Crippen molar-refractivity contribution in [3.05, 3.63) is 96.1 Å². The van der Waals surface area contributed by atoms with Crippen molar-refractivity contribution in [3.63, 3.8) is 0 Å². The number of rotatable bonds is 4. The number of para-hydroxylation sites is 2. The van der Waals surface area contributed by atoms with Gasteiger partial charge in [0.05, 0.1) is 0 Å². The lowest BCUT2D eigenvalue weighted by Gasteiger charge is -2.24. The van der Waals surface area contributed by atoms with Crippen LogP contribution in [-0.2, 0) is 21.4 Å². The number of benzene rings is 3. The van der Waals surface area contributed by atoms with E-state index in [4.69, 9.17) is 9.47 Å². The Kier molecular flexibility index (Phi) is 4.01. The number of carbonyl (C=O) groups excluding carboxylic acids is 2. The molecule has 0 saturated heterocycles. The summed E-state index contributed by atoms with van der Waals surface area (Å²) in [6.07, 6.45) is 0.176. The van der Waals surface area contributed by atoms with Crippen molar-refractivity contribution >= 4 is 11.9 Å². The van der Waals surface area contributed by atoms with Crippen LogP contribution in [0.2, 0.25) is 0 Å². The minimum absolute atomic E-state index is 0.176. The summed E-state index contributed by atoms with van der Waals surface area (Å²) in [6, 6.07) is 25.1.